The van der Waals surface area contributed by atoms with E-state index >= 15 is 0 Å². The number of ether oxygens (including phenoxy) is 1. The molecule has 0 saturated carbocycles. The maximum atomic E-state index is 13.0. The van der Waals surface area contributed by atoms with Crippen LogP contribution in [-0.4, -0.2) is 21.6 Å². The molecule has 1 heterocycles. The third kappa shape index (κ3) is 5.30. The van der Waals surface area contributed by atoms with E-state index in [9.17, 15) is 13.2 Å². The molecule has 7 nitrogen and oxygen atoms in total. The summed E-state index contributed by atoms with van der Waals surface area (Å²) in [4.78, 5) is 12.9. The Hall–Kier alpha value is -3.88. The van der Waals surface area contributed by atoms with Gasteiger partial charge in [0.2, 0.25) is 0 Å². The second kappa shape index (κ2) is 10.2. The molecule has 0 spiro atoms. The lowest BCUT2D eigenvalue weighted by Crippen LogP contribution is -2.31. The van der Waals surface area contributed by atoms with Crippen LogP contribution in [0.15, 0.2) is 83.8 Å². The van der Waals surface area contributed by atoms with E-state index in [1.165, 1.54) is 17.7 Å². The molecule has 0 bridgehead atoms. The Morgan fingerprint density at radius 3 is 2.43 bits per heavy atom. The average molecular weight is 516 g/mol. The summed E-state index contributed by atoms with van der Waals surface area (Å²) in [5, 5.41) is 11.0. The second-order valence-electron chi connectivity index (χ2n) is 9.21. The Bertz CT molecular complexity index is 1570. The number of sulfone groups is 1. The summed E-state index contributed by atoms with van der Waals surface area (Å²) in [6.45, 7) is 3.50. The minimum atomic E-state index is -3.52. The summed E-state index contributed by atoms with van der Waals surface area (Å²) >= 11 is 0. The number of benzene rings is 4. The van der Waals surface area contributed by atoms with Crippen LogP contribution in [0.3, 0.4) is 0 Å². The maximum Gasteiger partial charge on any atom is 0.319 e. The largest absolute Gasteiger partial charge is 0.496 e. The number of carbonyl (C=O) groups excluding carboxylic acids is 1. The number of amides is 2. The van der Waals surface area contributed by atoms with Crippen molar-refractivity contribution in [2.45, 2.75) is 36.7 Å². The molecule has 4 aromatic rings. The molecule has 0 radical (unpaired) electrons. The lowest BCUT2D eigenvalue weighted by atomic mass is 9.99. The normalized spacial score (nSPS) is 13.7. The first-order valence-corrected chi connectivity index (χ1v) is 13.8. The second-order valence-corrected chi connectivity index (χ2v) is 11.2. The molecule has 1 unspecified atom stereocenters. The van der Waals surface area contributed by atoms with Gasteiger partial charge in [-0.1, -0.05) is 48.5 Å². The zero-order valence-electron chi connectivity index (χ0n) is 20.7. The molecule has 2 amide bonds. The van der Waals surface area contributed by atoms with Crippen LogP contribution in [0, 0.1) is 0 Å². The summed E-state index contributed by atoms with van der Waals surface area (Å²) in [6, 6.07) is 23.2. The van der Waals surface area contributed by atoms with Crippen LogP contribution in [0.4, 0.5) is 10.5 Å². The standard InChI is InChI=1S/C29H29N3O4S/c1-19(25-13-14-28(36-2)27-6-4-3-5-26(25)27)31-29(33)32-23-9-11-24(12-10-23)37(34,35)18-20-7-8-21-16-30-17-22(21)15-20/h3-15,19,30H,16-18H2,1-2H3,(H2,31,32,33). The first-order chi connectivity index (χ1) is 17.8. The van der Waals surface area contributed by atoms with Crippen LogP contribution < -0.4 is 20.7 Å². The fourth-order valence-electron chi connectivity index (χ4n) is 4.78. The molecule has 4 aromatic carbocycles. The van der Waals surface area contributed by atoms with Crippen LogP contribution in [0.5, 0.6) is 5.75 Å². The minimum Gasteiger partial charge on any atom is -0.496 e. The summed E-state index contributed by atoms with van der Waals surface area (Å²) < 4.78 is 31.4. The van der Waals surface area contributed by atoms with Crippen molar-refractivity contribution in [1.82, 2.24) is 10.6 Å². The van der Waals surface area contributed by atoms with Crippen molar-refractivity contribution < 1.29 is 17.9 Å². The van der Waals surface area contributed by atoms with Gasteiger partial charge >= 0.3 is 6.03 Å². The average Bonchev–Trinajstić information content (AvgIpc) is 3.36. The van der Waals surface area contributed by atoms with Gasteiger partial charge in [0.1, 0.15) is 5.75 Å². The van der Waals surface area contributed by atoms with Crippen LogP contribution in [-0.2, 0) is 28.7 Å². The van der Waals surface area contributed by atoms with Gasteiger partial charge in [0.15, 0.2) is 9.84 Å². The van der Waals surface area contributed by atoms with Crippen LogP contribution in [0.2, 0.25) is 0 Å². The predicted molar refractivity (Wildman–Crippen MR) is 145 cm³/mol. The van der Waals surface area contributed by atoms with Crippen molar-refractivity contribution in [3.05, 3.63) is 101 Å². The molecule has 1 aliphatic rings. The van der Waals surface area contributed by atoms with Gasteiger partial charge in [-0.05, 0) is 64.9 Å². The fourth-order valence-corrected chi connectivity index (χ4v) is 6.11. The molecule has 1 aliphatic heterocycles. The predicted octanol–water partition coefficient (Wildman–Crippen LogP) is 5.31. The molecule has 1 atom stereocenters. The summed E-state index contributed by atoms with van der Waals surface area (Å²) in [5.41, 5.74) is 4.60. The number of nitrogens with one attached hydrogen (secondary N) is 3. The first-order valence-electron chi connectivity index (χ1n) is 12.1. The van der Waals surface area contributed by atoms with Crippen LogP contribution >= 0.6 is 0 Å². The number of anilines is 1. The maximum absolute atomic E-state index is 13.0. The molecule has 0 fully saturated rings. The Labute approximate surface area is 216 Å². The fraction of sp³-hybridized carbons (Fsp3) is 0.207. The van der Waals surface area contributed by atoms with Crippen LogP contribution in [0.1, 0.15) is 35.2 Å². The Balaban J connectivity index is 1.24. The lowest BCUT2D eigenvalue weighted by molar-refractivity contribution is 0.249. The Morgan fingerprint density at radius 1 is 0.946 bits per heavy atom. The number of urea groups is 1. The van der Waals surface area contributed by atoms with Gasteiger partial charge in [-0.15, -0.1) is 0 Å². The molecule has 0 saturated heterocycles. The number of carbonyl (C=O) groups is 1. The molecule has 5 rings (SSSR count). The van der Waals surface area contributed by atoms with E-state index < -0.39 is 9.84 Å². The third-order valence-corrected chi connectivity index (χ3v) is 8.39. The van der Waals surface area contributed by atoms with Crippen molar-refractivity contribution in [1.29, 1.82) is 0 Å². The molecular formula is C29H29N3O4S. The van der Waals surface area contributed by atoms with Crippen molar-refractivity contribution in [2.75, 3.05) is 12.4 Å². The minimum absolute atomic E-state index is 0.0686. The van der Waals surface area contributed by atoms with E-state index in [2.05, 4.69) is 16.0 Å². The number of rotatable bonds is 7. The van der Waals surface area contributed by atoms with Crippen molar-refractivity contribution in [3.63, 3.8) is 0 Å². The van der Waals surface area contributed by atoms with Gasteiger partial charge in [-0.3, -0.25) is 0 Å². The summed E-state index contributed by atoms with van der Waals surface area (Å²) in [5.74, 6) is 0.708. The molecule has 190 valence electrons. The van der Waals surface area contributed by atoms with Crippen molar-refractivity contribution in [2.24, 2.45) is 0 Å². The van der Waals surface area contributed by atoms with E-state index in [4.69, 9.17) is 4.74 Å². The molecule has 8 heteroatoms. The lowest BCUT2D eigenvalue weighted by Gasteiger charge is -2.18. The summed E-state index contributed by atoms with van der Waals surface area (Å²) in [6.07, 6.45) is 0. The molecular weight excluding hydrogens is 486 g/mol. The number of hydrogen-bond acceptors (Lipinski definition) is 5. The highest BCUT2D eigenvalue weighted by Gasteiger charge is 2.19. The zero-order chi connectivity index (χ0) is 26.0. The Kier molecular flexibility index (Phi) is 6.86. The molecule has 0 aliphatic carbocycles. The number of methoxy groups -OCH3 is 1. The highest BCUT2D eigenvalue weighted by molar-refractivity contribution is 7.90. The van der Waals surface area contributed by atoms with Gasteiger partial charge in [0.05, 0.1) is 23.8 Å². The van der Waals surface area contributed by atoms with Crippen molar-refractivity contribution in [3.8, 4) is 5.75 Å². The molecule has 37 heavy (non-hydrogen) atoms. The Morgan fingerprint density at radius 2 is 1.68 bits per heavy atom. The first kappa shape index (κ1) is 24.8. The highest BCUT2D eigenvalue weighted by atomic mass is 32.2. The van der Waals surface area contributed by atoms with Gasteiger partial charge in [0, 0.05) is 24.2 Å². The monoisotopic (exact) mass is 515 g/mol. The van der Waals surface area contributed by atoms with Gasteiger partial charge in [-0.25, -0.2) is 13.2 Å². The van der Waals surface area contributed by atoms with Crippen LogP contribution in [0.25, 0.3) is 10.8 Å². The molecule has 3 N–H and O–H groups in total. The van der Waals surface area contributed by atoms with E-state index in [0.717, 1.165) is 46.3 Å². The number of hydrogen-bond donors (Lipinski definition) is 3. The van der Waals surface area contributed by atoms with E-state index in [0.29, 0.717) is 5.69 Å². The van der Waals surface area contributed by atoms with E-state index in [1.807, 2.05) is 61.5 Å². The number of fused-ring (bicyclic) bond motifs is 2. The van der Waals surface area contributed by atoms with E-state index in [-0.39, 0.29) is 22.7 Å². The summed E-state index contributed by atoms with van der Waals surface area (Å²) in [7, 11) is -1.88. The topological polar surface area (TPSA) is 96.5 Å². The third-order valence-electron chi connectivity index (χ3n) is 6.68. The van der Waals surface area contributed by atoms with Crippen molar-refractivity contribution >= 4 is 32.3 Å². The molecule has 0 aromatic heterocycles. The van der Waals surface area contributed by atoms with Gasteiger partial charge in [0.25, 0.3) is 0 Å². The quantitative estimate of drug-likeness (QED) is 0.310. The zero-order valence-corrected chi connectivity index (χ0v) is 21.6. The van der Waals surface area contributed by atoms with Gasteiger partial charge < -0.3 is 20.7 Å². The SMILES string of the molecule is COc1ccc(C(C)NC(=O)Nc2ccc(S(=O)(=O)Cc3ccc4c(c3)CNC4)cc2)c2ccccc12. The van der Waals surface area contributed by atoms with Gasteiger partial charge in [-0.2, -0.15) is 0 Å². The van der Waals surface area contributed by atoms with E-state index in [1.54, 1.807) is 19.2 Å². The smallest absolute Gasteiger partial charge is 0.319 e. The highest BCUT2D eigenvalue weighted by Crippen LogP contribution is 2.31.